The minimum atomic E-state index is -4.03. The number of halogens is 3. The second-order valence-electron chi connectivity index (χ2n) is 5.59. The van der Waals surface area contributed by atoms with Gasteiger partial charge in [-0.25, -0.2) is 0 Å². The van der Waals surface area contributed by atoms with Crippen LogP contribution in [-0.4, -0.2) is 69.3 Å². The Morgan fingerprint density at radius 1 is 1.26 bits per heavy atom. The third-order valence-electron chi connectivity index (χ3n) is 3.53. The molecule has 3 nitrogen and oxygen atoms in total. The molecule has 0 aliphatic carbocycles. The first kappa shape index (κ1) is 16.7. The first-order valence-corrected chi connectivity index (χ1v) is 7.04. The third-order valence-corrected chi connectivity index (χ3v) is 3.53. The predicted molar refractivity (Wildman–Crippen MR) is 71.3 cm³/mol. The van der Waals surface area contributed by atoms with Crippen molar-refractivity contribution in [1.29, 1.82) is 0 Å². The molecule has 1 N–H and O–H groups in total. The highest BCUT2D eigenvalue weighted by molar-refractivity contribution is 4.78. The molecule has 0 amide bonds. The Hall–Kier alpha value is -0.330. The molecule has 0 aromatic carbocycles. The van der Waals surface area contributed by atoms with E-state index in [0.29, 0.717) is 13.0 Å². The molecular weight excluding hydrogens is 255 g/mol. The highest BCUT2D eigenvalue weighted by Gasteiger charge is 2.41. The lowest BCUT2D eigenvalue weighted by molar-refractivity contribution is -0.186. The quantitative estimate of drug-likeness (QED) is 0.718. The Morgan fingerprint density at radius 2 is 2.00 bits per heavy atom. The summed E-state index contributed by atoms with van der Waals surface area (Å²) in [5, 5.41) is 3.29. The maximum Gasteiger partial charge on any atom is 0.393 e. The molecule has 1 fully saturated rings. The Bertz CT molecular complexity index is 244. The van der Waals surface area contributed by atoms with Gasteiger partial charge in [0.25, 0.3) is 0 Å². The summed E-state index contributed by atoms with van der Waals surface area (Å²) >= 11 is 0. The van der Waals surface area contributed by atoms with E-state index < -0.39 is 12.1 Å². The standard InChI is InChI=1S/C13H26F3N3/c1-18(2)8-4-6-17-7-10-19-9-3-5-12(11-19)13(14,15)16/h12,17H,3-11H2,1-2H3. The van der Waals surface area contributed by atoms with Gasteiger partial charge in [-0.15, -0.1) is 0 Å². The van der Waals surface area contributed by atoms with E-state index in [9.17, 15) is 13.2 Å². The van der Waals surface area contributed by atoms with Gasteiger partial charge in [0.1, 0.15) is 0 Å². The lowest BCUT2D eigenvalue weighted by atomic mass is 9.97. The Kier molecular flexibility index (Phi) is 7.10. The zero-order chi connectivity index (χ0) is 14.3. The van der Waals surface area contributed by atoms with Crippen LogP contribution in [0.2, 0.25) is 0 Å². The summed E-state index contributed by atoms with van der Waals surface area (Å²) in [6.45, 7) is 4.42. The van der Waals surface area contributed by atoms with Crippen LogP contribution in [0, 0.1) is 5.92 Å². The molecule has 0 radical (unpaired) electrons. The number of rotatable bonds is 7. The monoisotopic (exact) mass is 281 g/mol. The van der Waals surface area contributed by atoms with E-state index in [-0.39, 0.29) is 13.0 Å². The minimum Gasteiger partial charge on any atom is -0.315 e. The van der Waals surface area contributed by atoms with Crippen LogP contribution >= 0.6 is 0 Å². The van der Waals surface area contributed by atoms with E-state index in [2.05, 4.69) is 10.2 Å². The Morgan fingerprint density at radius 3 is 2.63 bits per heavy atom. The fourth-order valence-electron chi connectivity index (χ4n) is 2.41. The van der Waals surface area contributed by atoms with Crippen LogP contribution in [-0.2, 0) is 0 Å². The molecule has 1 heterocycles. The maximum atomic E-state index is 12.6. The molecule has 0 saturated carbocycles. The number of nitrogens with one attached hydrogen (secondary N) is 1. The Labute approximate surface area is 114 Å². The molecule has 1 aliphatic rings. The molecule has 1 saturated heterocycles. The summed E-state index contributed by atoms with van der Waals surface area (Å²) in [4.78, 5) is 4.06. The molecule has 0 bridgehead atoms. The average Bonchev–Trinajstić information content (AvgIpc) is 2.32. The number of hydrogen-bond donors (Lipinski definition) is 1. The molecule has 1 atom stereocenters. The van der Waals surface area contributed by atoms with Gasteiger partial charge in [-0.3, -0.25) is 0 Å². The maximum absolute atomic E-state index is 12.6. The zero-order valence-electron chi connectivity index (χ0n) is 12.0. The van der Waals surface area contributed by atoms with Crippen LogP contribution in [0.5, 0.6) is 0 Å². The van der Waals surface area contributed by atoms with Gasteiger partial charge >= 0.3 is 6.18 Å². The molecule has 0 spiro atoms. The summed E-state index contributed by atoms with van der Waals surface area (Å²) in [5.74, 6) is -1.13. The largest absolute Gasteiger partial charge is 0.393 e. The molecule has 0 aromatic heterocycles. The van der Waals surface area contributed by atoms with E-state index in [4.69, 9.17) is 0 Å². The lowest BCUT2D eigenvalue weighted by Crippen LogP contribution is -2.44. The van der Waals surface area contributed by atoms with Crippen LogP contribution in [0.25, 0.3) is 0 Å². The van der Waals surface area contributed by atoms with Gasteiger partial charge in [0.15, 0.2) is 0 Å². The number of hydrogen-bond acceptors (Lipinski definition) is 3. The smallest absolute Gasteiger partial charge is 0.315 e. The summed E-state index contributed by atoms with van der Waals surface area (Å²) in [5.41, 5.74) is 0. The van der Waals surface area contributed by atoms with Gasteiger partial charge in [-0.1, -0.05) is 0 Å². The highest BCUT2D eigenvalue weighted by Crippen LogP contribution is 2.32. The molecule has 1 unspecified atom stereocenters. The van der Waals surface area contributed by atoms with Crippen molar-refractivity contribution in [3.8, 4) is 0 Å². The van der Waals surface area contributed by atoms with Gasteiger partial charge in [0.2, 0.25) is 0 Å². The SMILES string of the molecule is CN(C)CCCNCCN1CCCC(C(F)(F)F)C1. The van der Waals surface area contributed by atoms with Crippen molar-refractivity contribution >= 4 is 0 Å². The minimum absolute atomic E-state index is 0.170. The number of likely N-dealkylation sites (tertiary alicyclic amines) is 1. The zero-order valence-corrected chi connectivity index (χ0v) is 12.0. The van der Waals surface area contributed by atoms with Gasteiger partial charge in [-0.05, 0) is 53.0 Å². The molecule has 1 aliphatic heterocycles. The van der Waals surface area contributed by atoms with E-state index >= 15 is 0 Å². The third kappa shape index (κ3) is 7.13. The van der Waals surface area contributed by atoms with Crippen LogP contribution in [0.4, 0.5) is 13.2 Å². The van der Waals surface area contributed by atoms with Crippen molar-refractivity contribution in [3.63, 3.8) is 0 Å². The van der Waals surface area contributed by atoms with Gasteiger partial charge < -0.3 is 15.1 Å². The van der Waals surface area contributed by atoms with E-state index in [1.807, 2.05) is 19.0 Å². The average molecular weight is 281 g/mol. The fraction of sp³-hybridized carbons (Fsp3) is 1.00. The second-order valence-corrected chi connectivity index (χ2v) is 5.59. The van der Waals surface area contributed by atoms with Crippen LogP contribution in [0.15, 0.2) is 0 Å². The van der Waals surface area contributed by atoms with Crippen molar-refractivity contribution < 1.29 is 13.2 Å². The normalized spacial score (nSPS) is 22.1. The first-order valence-electron chi connectivity index (χ1n) is 7.04. The number of piperidine rings is 1. The van der Waals surface area contributed by atoms with Crippen molar-refractivity contribution in [1.82, 2.24) is 15.1 Å². The summed E-state index contributed by atoms with van der Waals surface area (Å²) in [7, 11) is 4.07. The Balaban J connectivity index is 2.09. The van der Waals surface area contributed by atoms with Crippen LogP contribution in [0.1, 0.15) is 19.3 Å². The van der Waals surface area contributed by atoms with E-state index in [0.717, 1.165) is 32.6 Å². The van der Waals surface area contributed by atoms with Gasteiger partial charge in [0.05, 0.1) is 5.92 Å². The highest BCUT2D eigenvalue weighted by atomic mass is 19.4. The molecular formula is C13H26F3N3. The lowest BCUT2D eigenvalue weighted by Gasteiger charge is -2.33. The topological polar surface area (TPSA) is 18.5 Å². The van der Waals surface area contributed by atoms with E-state index in [1.54, 1.807) is 0 Å². The molecule has 6 heteroatoms. The fourth-order valence-corrected chi connectivity index (χ4v) is 2.41. The van der Waals surface area contributed by atoms with Crippen molar-refractivity contribution in [2.75, 3.05) is 53.4 Å². The summed E-state index contributed by atoms with van der Waals surface area (Å²) in [6.07, 6.45) is -2.02. The second kappa shape index (κ2) is 8.07. The first-order chi connectivity index (χ1) is 8.89. The molecule has 19 heavy (non-hydrogen) atoms. The number of nitrogens with zero attached hydrogens (tertiary/aromatic N) is 2. The van der Waals surface area contributed by atoms with Crippen molar-refractivity contribution in [3.05, 3.63) is 0 Å². The molecule has 114 valence electrons. The van der Waals surface area contributed by atoms with Gasteiger partial charge in [-0.2, -0.15) is 13.2 Å². The molecule has 1 rings (SSSR count). The number of alkyl halides is 3. The van der Waals surface area contributed by atoms with Crippen LogP contribution < -0.4 is 5.32 Å². The van der Waals surface area contributed by atoms with Crippen LogP contribution in [0.3, 0.4) is 0 Å². The van der Waals surface area contributed by atoms with Crippen molar-refractivity contribution in [2.24, 2.45) is 5.92 Å². The van der Waals surface area contributed by atoms with Crippen molar-refractivity contribution in [2.45, 2.75) is 25.4 Å². The van der Waals surface area contributed by atoms with E-state index in [1.165, 1.54) is 0 Å². The molecule has 0 aromatic rings. The summed E-state index contributed by atoms with van der Waals surface area (Å²) in [6, 6.07) is 0. The van der Waals surface area contributed by atoms with Gasteiger partial charge in [0, 0.05) is 19.6 Å². The predicted octanol–water partition coefficient (Wildman–Crippen LogP) is 1.80. The summed E-state index contributed by atoms with van der Waals surface area (Å²) < 4.78 is 37.9.